The van der Waals surface area contributed by atoms with Crippen LogP contribution in [0.25, 0.3) is 22.6 Å². The molecule has 0 aliphatic heterocycles. The predicted molar refractivity (Wildman–Crippen MR) is 88.8 cm³/mol. The van der Waals surface area contributed by atoms with E-state index in [1.54, 1.807) is 36.4 Å². The van der Waals surface area contributed by atoms with Gasteiger partial charge in [-0.3, -0.25) is 4.79 Å². The Kier molecular flexibility index (Phi) is 4.25. The SMILES string of the molecule is O=C(CCl)Nc1ccc2oc(-c3ccc(Cl)c(Cl)c3)nc2c1. The van der Waals surface area contributed by atoms with Crippen molar-refractivity contribution in [2.45, 2.75) is 0 Å². The molecule has 2 aromatic carbocycles. The van der Waals surface area contributed by atoms with Crippen LogP contribution in [-0.2, 0) is 4.79 Å². The fraction of sp³-hybridized carbons (Fsp3) is 0.0667. The number of anilines is 1. The van der Waals surface area contributed by atoms with Crippen molar-refractivity contribution in [2.75, 3.05) is 11.2 Å². The molecule has 0 aliphatic rings. The van der Waals surface area contributed by atoms with Gasteiger partial charge >= 0.3 is 0 Å². The third kappa shape index (κ3) is 3.04. The number of nitrogens with one attached hydrogen (secondary N) is 1. The second-order valence-electron chi connectivity index (χ2n) is 4.51. The van der Waals surface area contributed by atoms with Gasteiger partial charge in [0.05, 0.1) is 10.0 Å². The number of oxazole rings is 1. The highest BCUT2D eigenvalue weighted by molar-refractivity contribution is 6.42. The molecule has 0 bridgehead atoms. The first kappa shape index (κ1) is 15.2. The topological polar surface area (TPSA) is 55.1 Å². The Morgan fingerprint density at radius 1 is 1.14 bits per heavy atom. The molecule has 1 heterocycles. The lowest BCUT2D eigenvalue weighted by molar-refractivity contribution is -0.113. The van der Waals surface area contributed by atoms with E-state index >= 15 is 0 Å². The number of carbonyl (C=O) groups excluding carboxylic acids is 1. The molecule has 1 amide bonds. The normalized spacial score (nSPS) is 10.9. The van der Waals surface area contributed by atoms with Crippen molar-refractivity contribution in [1.29, 1.82) is 0 Å². The quantitative estimate of drug-likeness (QED) is 0.674. The van der Waals surface area contributed by atoms with Gasteiger partial charge in [0.2, 0.25) is 11.8 Å². The van der Waals surface area contributed by atoms with Crippen LogP contribution in [0.4, 0.5) is 5.69 Å². The molecule has 4 nitrogen and oxygen atoms in total. The van der Waals surface area contributed by atoms with Gasteiger partial charge in [0.25, 0.3) is 0 Å². The van der Waals surface area contributed by atoms with E-state index in [1.165, 1.54) is 0 Å². The van der Waals surface area contributed by atoms with Crippen LogP contribution in [0.2, 0.25) is 10.0 Å². The minimum absolute atomic E-state index is 0.106. The summed E-state index contributed by atoms with van der Waals surface area (Å²) in [5.74, 6) is 0.0364. The largest absolute Gasteiger partial charge is 0.436 e. The number of carbonyl (C=O) groups is 1. The monoisotopic (exact) mass is 354 g/mol. The van der Waals surface area contributed by atoms with Crippen LogP contribution < -0.4 is 5.32 Å². The number of fused-ring (bicyclic) bond motifs is 1. The average Bonchev–Trinajstić information content (AvgIpc) is 2.93. The molecule has 0 saturated carbocycles. The van der Waals surface area contributed by atoms with E-state index < -0.39 is 0 Å². The number of rotatable bonds is 3. The van der Waals surface area contributed by atoms with E-state index in [0.29, 0.717) is 32.7 Å². The number of nitrogens with zero attached hydrogens (tertiary/aromatic N) is 1. The van der Waals surface area contributed by atoms with Crippen LogP contribution >= 0.6 is 34.8 Å². The van der Waals surface area contributed by atoms with Gasteiger partial charge in [-0.25, -0.2) is 4.98 Å². The lowest BCUT2D eigenvalue weighted by Gasteiger charge is -2.01. The van der Waals surface area contributed by atoms with Gasteiger partial charge < -0.3 is 9.73 Å². The van der Waals surface area contributed by atoms with Crippen LogP contribution in [0.3, 0.4) is 0 Å². The molecule has 7 heteroatoms. The molecule has 0 unspecified atom stereocenters. The highest BCUT2D eigenvalue weighted by Crippen LogP contribution is 2.30. The third-order valence-electron chi connectivity index (χ3n) is 2.96. The summed E-state index contributed by atoms with van der Waals surface area (Å²) >= 11 is 17.4. The molecule has 3 rings (SSSR count). The molecule has 0 saturated heterocycles. The number of amides is 1. The van der Waals surface area contributed by atoms with Crippen LogP contribution in [0, 0.1) is 0 Å². The molecule has 22 heavy (non-hydrogen) atoms. The van der Waals surface area contributed by atoms with E-state index in [0.717, 1.165) is 5.56 Å². The van der Waals surface area contributed by atoms with Crippen molar-refractivity contribution in [3.63, 3.8) is 0 Å². The Bertz CT molecular complexity index is 861. The summed E-state index contributed by atoms with van der Waals surface area (Å²) < 4.78 is 5.68. The highest BCUT2D eigenvalue weighted by Gasteiger charge is 2.11. The number of hydrogen-bond acceptors (Lipinski definition) is 3. The van der Waals surface area contributed by atoms with Crippen molar-refractivity contribution in [2.24, 2.45) is 0 Å². The molecule has 0 atom stereocenters. The second-order valence-corrected chi connectivity index (χ2v) is 5.59. The van der Waals surface area contributed by atoms with Crippen molar-refractivity contribution in [1.82, 2.24) is 4.98 Å². The van der Waals surface area contributed by atoms with E-state index in [4.69, 9.17) is 39.2 Å². The molecule has 0 spiro atoms. The van der Waals surface area contributed by atoms with Crippen LogP contribution in [0.1, 0.15) is 0 Å². The van der Waals surface area contributed by atoms with Gasteiger partial charge in [-0.2, -0.15) is 0 Å². The van der Waals surface area contributed by atoms with Crippen LogP contribution in [-0.4, -0.2) is 16.8 Å². The molecule has 1 aromatic heterocycles. The Morgan fingerprint density at radius 3 is 2.68 bits per heavy atom. The minimum Gasteiger partial charge on any atom is -0.436 e. The molecule has 3 aromatic rings. The first-order chi connectivity index (χ1) is 10.6. The van der Waals surface area contributed by atoms with Gasteiger partial charge in [0, 0.05) is 11.3 Å². The maximum atomic E-state index is 11.3. The van der Waals surface area contributed by atoms with Crippen molar-refractivity contribution < 1.29 is 9.21 Å². The van der Waals surface area contributed by atoms with Crippen LogP contribution in [0.5, 0.6) is 0 Å². The number of hydrogen-bond donors (Lipinski definition) is 1. The fourth-order valence-electron chi connectivity index (χ4n) is 1.95. The molecule has 0 fully saturated rings. The van der Waals surface area contributed by atoms with Crippen molar-refractivity contribution >= 4 is 57.5 Å². The standard InChI is InChI=1S/C15H9Cl3N2O2/c16-7-14(21)19-9-2-4-13-12(6-9)20-15(22-13)8-1-3-10(17)11(18)5-8/h1-6H,7H2,(H,19,21). The van der Waals surface area contributed by atoms with E-state index in [1.807, 2.05) is 0 Å². The smallest absolute Gasteiger partial charge is 0.239 e. The summed E-state index contributed by atoms with van der Waals surface area (Å²) in [5, 5.41) is 3.55. The van der Waals surface area contributed by atoms with Crippen molar-refractivity contribution in [3.05, 3.63) is 46.4 Å². The zero-order valence-corrected chi connectivity index (χ0v) is 13.3. The average molecular weight is 356 g/mol. The summed E-state index contributed by atoms with van der Waals surface area (Å²) in [7, 11) is 0. The number of aromatic nitrogens is 1. The molecular formula is C15H9Cl3N2O2. The zero-order valence-electron chi connectivity index (χ0n) is 11.1. The van der Waals surface area contributed by atoms with Crippen LogP contribution in [0.15, 0.2) is 40.8 Å². The maximum Gasteiger partial charge on any atom is 0.239 e. The zero-order chi connectivity index (χ0) is 15.7. The summed E-state index contributed by atoms with van der Waals surface area (Å²) in [6.45, 7) is 0. The second kappa shape index (κ2) is 6.16. The molecule has 0 radical (unpaired) electrons. The number of alkyl halides is 1. The Balaban J connectivity index is 1.98. The third-order valence-corrected chi connectivity index (χ3v) is 3.94. The van der Waals surface area contributed by atoms with E-state index in [2.05, 4.69) is 10.3 Å². The Labute approximate surface area is 141 Å². The van der Waals surface area contributed by atoms with Gasteiger partial charge in [-0.1, -0.05) is 23.2 Å². The van der Waals surface area contributed by atoms with Gasteiger partial charge in [0.15, 0.2) is 5.58 Å². The lowest BCUT2D eigenvalue weighted by atomic mass is 10.2. The Hall–Kier alpha value is -1.75. The molecular weight excluding hydrogens is 347 g/mol. The van der Waals surface area contributed by atoms with Gasteiger partial charge in [-0.15, -0.1) is 11.6 Å². The van der Waals surface area contributed by atoms with E-state index in [9.17, 15) is 4.79 Å². The molecule has 112 valence electrons. The highest BCUT2D eigenvalue weighted by atomic mass is 35.5. The maximum absolute atomic E-state index is 11.3. The minimum atomic E-state index is -0.283. The predicted octanol–water partition coefficient (Wildman–Crippen LogP) is 4.98. The lowest BCUT2D eigenvalue weighted by Crippen LogP contribution is -2.12. The summed E-state index contributed by atoms with van der Waals surface area (Å²) in [6, 6.07) is 10.3. The fourth-order valence-corrected chi connectivity index (χ4v) is 2.32. The number of halogens is 3. The van der Waals surface area contributed by atoms with Gasteiger partial charge in [-0.05, 0) is 36.4 Å². The summed E-state index contributed by atoms with van der Waals surface area (Å²) in [4.78, 5) is 15.7. The summed E-state index contributed by atoms with van der Waals surface area (Å²) in [6.07, 6.45) is 0. The Morgan fingerprint density at radius 2 is 1.95 bits per heavy atom. The molecule has 0 aliphatic carbocycles. The summed E-state index contributed by atoms with van der Waals surface area (Å²) in [5.41, 5.74) is 2.54. The first-order valence-electron chi connectivity index (χ1n) is 6.28. The molecule has 1 N–H and O–H groups in total. The van der Waals surface area contributed by atoms with Gasteiger partial charge in [0.1, 0.15) is 11.4 Å². The number of benzene rings is 2. The van der Waals surface area contributed by atoms with E-state index in [-0.39, 0.29) is 11.8 Å². The first-order valence-corrected chi connectivity index (χ1v) is 7.57. The van der Waals surface area contributed by atoms with Crippen molar-refractivity contribution in [3.8, 4) is 11.5 Å².